The minimum Gasteiger partial charge on any atom is -0.338 e. The van der Waals surface area contributed by atoms with Gasteiger partial charge in [0.15, 0.2) is 0 Å². The van der Waals surface area contributed by atoms with Crippen LogP contribution in [0.4, 0.5) is 5.95 Å². The van der Waals surface area contributed by atoms with Crippen molar-refractivity contribution >= 4 is 5.95 Å². The highest BCUT2D eigenvalue weighted by molar-refractivity contribution is 5.33. The van der Waals surface area contributed by atoms with Crippen LogP contribution < -0.4 is 10.6 Å². The van der Waals surface area contributed by atoms with E-state index in [1.165, 1.54) is 0 Å². The van der Waals surface area contributed by atoms with Crippen LogP contribution in [-0.4, -0.2) is 22.6 Å². The number of anilines is 1. The fourth-order valence-corrected chi connectivity index (χ4v) is 1.68. The fourth-order valence-electron chi connectivity index (χ4n) is 1.68. The molecule has 1 heterocycles. The highest BCUT2D eigenvalue weighted by Gasteiger charge is 2.13. The predicted molar refractivity (Wildman–Crippen MR) is 67.4 cm³/mol. The maximum atomic E-state index is 5.63. The number of nitrogens with two attached hydrogens (primary N) is 1. The van der Waals surface area contributed by atoms with Gasteiger partial charge in [-0.25, -0.2) is 9.97 Å². The molecular formula is C12H22N4. The Hall–Kier alpha value is -1.16. The molecule has 1 rings (SSSR count). The van der Waals surface area contributed by atoms with Crippen molar-refractivity contribution < 1.29 is 0 Å². The van der Waals surface area contributed by atoms with Crippen molar-refractivity contribution in [3.05, 3.63) is 17.5 Å². The van der Waals surface area contributed by atoms with Crippen LogP contribution in [0.5, 0.6) is 0 Å². The molecule has 0 aliphatic rings. The molecule has 0 saturated carbocycles. The monoisotopic (exact) mass is 222 g/mol. The lowest BCUT2D eigenvalue weighted by Gasteiger charge is -2.26. The predicted octanol–water partition coefficient (Wildman–Crippen LogP) is 1.87. The van der Waals surface area contributed by atoms with E-state index in [2.05, 4.69) is 35.6 Å². The van der Waals surface area contributed by atoms with Gasteiger partial charge in [-0.05, 0) is 33.3 Å². The van der Waals surface area contributed by atoms with Gasteiger partial charge in [0.2, 0.25) is 5.95 Å². The largest absolute Gasteiger partial charge is 0.338 e. The Bertz CT molecular complexity index is 336. The minimum atomic E-state index is 0.410. The molecule has 0 aromatic carbocycles. The number of aromatic nitrogens is 2. The Kier molecular flexibility index (Phi) is 4.68. The summed E-state index contributed by atoms with van der Waals surface area (Å²) >= 11 is 0. The number of hydrogen-bond acceptors (Lipinski definition) is 4. The lowest BCUT2D eigenvalue weighted by molar-refractivity contribution is 0.647. The number of hydrogen-bond donors (Lipinski definition) is 1. The van der Waals surface area contributed by atoms with Gasteiger partial charge >= 0.3 is 0 Å². The first-order valence-corrected chi connectivity index (χ1v) is 5.89. The molecule has 0 amide bonds. The Morgan fingerprint density at radius 1 is 1.38 bits per heavy atom. The van der Waals surface area contributed by atoms with Gasteiger partial charge in [0.05, 0.1) is 5.69 Å². The molecule has 1 aromatic heterocycles. The normalized spacial score (nSPS) is 10.9. The Morgan fingerprint density at radius 2 is 2.06 bits per heavy atom. The van der Waals surface area contributed by atoms with Crippen molar-refractivity contribution in [1.82, 2.24) is 9.97 Å². The van der Waals surface area contributed by atoms with Crippen molar-refractivity contribution in [2.75, 3.05) is 11.4 Å². The van der Waals surface area contributed by atoms with Crippen molar-refractivity contribution in [2.24, 2.45) is 5.73 Å². The Labute approximate surface area is 97.9 Å². The molecule has 0 saturated heterocycles. The highest BCUT2D eigenvalue weighted by Crippen LogP contribution is 2.13. The summed E-state index contributed by atoms with van der Waals surface area (Å²) in [6.45, 7) is 9.90. The SMILES string of the molecule is CCCN(c1nc(C)cc(CN)n1)C(C)C. The third-order valence-electron chi connectivity index (χ3n) is 2.45. The Balaban J connectivity index is 3.03. The van der Waals surface area contributed by atoms with Gasteiger partial charge < -0.3 is 10.6 Å². The van der Waals surface area contributed by atoms with Crippen molar-refractivity contribution in [2.45, 2.75) is 46.7 Å². The number of aryl methyl sites for hydroxylation is 1. The summed E-state index contributed by atoms with van der Waals surface area (Å²) in [6.07, 6.45) is 1.09. The lowest BCUT2D eigenvalue weighted by atomic mass is 10.3. The quantitative estimate of drug-likeness (QED) is 0.826. The van der Waals surface area contributed by atoms with Crippen LogP contribution in [0.15, 0.2) is 6.07 Å². The second kappa shape index (κ2) is 5.80. The van der Waals surface area contributed by atoms with Crippen LogP contribution in [0.25, 0.3) is 0 Å². The standard InChI is InChI=1S/C12H22N4/c1-5-6-16(9(2)3)12-14-10(4)7-11(8-13)15-12/h7,9H,5-6,8,13H2,1-4H3. The third-order valence-corrected chi connectivity index (χ3v) is 2.45. The first-order valence-electron chi connectivity index (χ1n) is 5.89. The molecule has 0 radical (unpaired) electrons. The minimum absolute atomic E-state index is 0.410. The summed E-state index contributed by atoms with van der Waals surface area (Å²) < 4.78 is 0. The maximum absolute atomic E-state index is 5.63. The average molecular weight is 222 g/mol. The molecule has 0 spiro atoms. The van der Waals surface area contributed by atoms with Crippen LogP contribution in [-0.2, 0) is 6.54 Å². The maximum Gasteiger partial charge on any atom is 0.226 e. The summed E-state index contributed by atoms with van der Waals surface area (Å²) in [5.41, 5.74) is 7.51. The first kappa shape index (κ1) is 12.9. The zero-order valence-electron chi connectivity index (χ0n) is 10.7. The van der Waals surface area contributed by atoms with Gasteiger partial charge in [-0.15, -0.1) is 0 Å². The van der Waals surface area contributed by atoms with Gasteiger partial charge in [0, 0.05) is 24.8 Å². The van der Waals surface area contributed by atoms with Gasteiger partial charge in [0.1, 0.15) is 0 Å². The van der Waals surface area contributed by atoms with Crippen molar-refractivity contribution in [3.8, 4) is 0 Å². The van der Waals surface area contributed by atoms with E-state index >= 15 is 0 Å². The number of nitrogens with zero attached hydrogens (tertiary/aromatic N) is 3. The molecule has 0 unspecified atom stereocenters. The van der Waals surface area contributed by atoms with Crippen LogP contribution in [0, 0.1) is 6.92 Å². The summed E-state index contributed by atoms with van der Waals surface area (Å²) in [5.74, 6) is 0.803. The summed E-state index contributed by atoms with van der Waals surface area (Å²) in [4.78, 5) is 11.2. The molecule has 16 heavy (non-hydrogen) atoms. The summed E-state index contributed by atoms with van der Waals surface area (Å²) in [6, 6.07) is 2.35. The van der Waals surface area contributed by atoms with Crippen molar-refractivity contribution in [1.29, 1.82) is 0 Å². The summed E-state index contributed by atoms with van der Waals surface area (Å²) in [7, 11) is 0. The van der Waals surface area contributed by atoms with E-state index in [0.717, 1.165) is 30.3 Å². The van der Waals surface area contributed by atoms with E-state index in [1.807, 2.05) is 13.0 Å². The molecule has 0 fully saturated rings. The smallest absolute Gasteiger partial charge is 0.226 e. The van der Waals surface area contributed by atoms with Crippen LogP contribution in [0.1, 0.15) is 38.6 Å². The number of rotatable bonds is 5. The summed E-state index contributed by atoms with van der Waals surface area (Å²) in [5, 5.41) is 0. The van der Waals surface area contributed by atoms with E-state index in [0.29, 0.717) is 12.6 Å². The van der Waals surface area contributed by atoms with E-state index in [-0.39, 0.29) is 0 Å². The topological polar surface area (TPSA) is 55.0 Å². The first-order chi connectivity index (χ1) is 7.58. The fraction of sp³-hybridized carbons (Fsp3) is 0.667. The second-order valence-corrected chi connectivity index (χ2v) is 4.29. The molecule has 0 aliphatic heterocycles. The van der Waals surface area contributed by atoms with E-state index in [9.17, 15) is 0 Å². The molecule has 1 aromatic rings. The van der Waals surface area contributed by atoms with E-state index in [4.69, 9.17) is 5.73 Å². The van der Waals surface area contributed by atoms with Gasteiger partial charge in [-0.2, -0.15) is 0 Å². The molecule has 2 N–H and O–H groups in total. The van der Waals surface area contributed by atoms with Gasteiger partial charge in [0.25, 0.3) is 0 Å². The van der Waals surface area contributed by atoms with E-state index < -0.39 is 0 Å². The van der Waals surface area contributed by atoms with Gasteiger partial charge in [-0.1, -0.05) is 6.92 Å². The van der Waals surface area contributed by atoms with Crippen LogP contribution >= 0.6 is 0 Å². The third kappa shape index (κ3) is 3.17. The molecule has 4 heteroatoms. The van der Waals surface area contributed by atoms with Crippen LogP contribution in [0.3, 0.4) is 0 Å². The van der Waals surface area contributed by atoms with Crippen molar-refractivity contribution in [3.63, 3.8) is 0 Å². The van der Waals surface area contributed by atoms with Crippen LogP contribution in [0.2, 0.25) is 0 Å². The zero-order valence-corrected chi connectivity index (χ0v) is 10.7. The molecule has 0 aliphatic carbocycles. The molecule has 90 valence electrons. The molecule has 4 nitrogen and oxygen atoms in total. The Morgan fingerprint density at radius 3 is 2.56 bits per heavy atom. The molecule has 0 bridgehead atoms. The van der Waals surface area contributed by atoms with Gasteiger partial charge in [-0.3, -0.25) is 0 Å². The highest BCUT2D eigenvalue weighted by atomic mass is 15.3. The zero-order chi connectivity index (χ0) is 12.1. The molecular weight excluding hydrogens is 200 g/mol. The van der Waals surface area contributed by atoms with E-state index in [1.54, 1.807) is 0 Å². The second-order valence-electron chi connectivity index (χ2n) is 4.29. The average Bonchev–Trinajstić information content (AvgIpc) is 2.24. The molecule has 0 atom stereocenters. The lowest BCUT2D eigenvalue weighted by Crippen LogP contribution is -2.33.